The van der Waals surface area contributed by atoms with E-state index in [0.717, 1.165) is 9.13 Å². The van der Waals surface area contributed by atoms with Crippen LogP contribution < -0.4 is 0 Å². The molecule has 94 valence electrons. The molecule has 0 spiro atoms. The van der Waals surface area contributed by atoms with E-state index in [1.54, 1.807) is 11.9 Å². The number of nitrogens with zero attached hydrogens (tertiary/aromatic N) is 1. The fourth-order valence-electron chi connectivity index (χ4n) is 1.34. The number of carbonyl (C=O) groups excluding carboxylic acids is 1. The standard InChI is InChI=1S/C13H18INO2/c1-10(2)17-9-8-15(3)13(16)11-4-6-12(14)7-5-11/h4-7,10H,8-9H2,1-3H3. The van der Waals surface area contributed by atoms with Gasteiger partial charge >= 0.3 is 0 Å². The van der Waals surface area contributed by atoms with Crippen molar-refractivity contribution in [2.75, 3.05) is 20.2 Å². The molecule has 0 fully saturated rings. The second kappa shape index (κ2) is 6.96. The Kier molecular flexibility index (Phi) is 5.91. The Labute approximate surface area is 116 Å². The summed E-state index contributed by atoms with van der Waals surface area (Å²) in [7, 11) is 1.80. The zero-order valence-corrected chi connectivity index (χ0v) is 12.6. The number of carbonyl (C=O) groups is 1. The van der Waals surface area contributed by atoms with Crippen LogP contribution in [0.2, 0.25) is 0 Å². The van der Waals surface area contributed by atoms with Crippen LogP contribution in [-0.2, 0) is 4.74 Å². The van der Waals surface area contributed by atoms with E-state index >= 15 is 0 Å². The van der Waals surface area contributed by atoms with Gasteiger partial charge in [-0.1, -0.05) is 0 Å². The van der Waals surface area contributed by atoms with Crippen molar-refractivity contribution < 1.29 is 9.53 Å². The fraction of sp³-hybridized carbons (Fsp3) is 0.462. The molecule has 0 saturated carbocycles. The molecule has 0 heterocycles. The number of hydrogen-bond acceptors (Lipinski definition) is 2. The average Bonchev–Trinajstić information content (AvgIpc) is 2.28. The lowest BCUT2D eigenvalue weighted by Gasteiger charge is -2.18. The van der Waals surface area contributed by atoms with Gasteiger partial charge in [0, 0.05) is 22.7 Å². The van der Waals surface area contributed by atoms with Gasteiger partial charge in [0.25, 0.3) is 5.91 Å². The molecule has 3 nitrogen and oxygen atoms in total. The van der Waals surface area contributed by atoms with Gasteiger partial charge in [-0.25, -0.2) is 0 Å². The zero-order chi connectivity index (χ0) is 12.8. The van der Waals surface area contributed by atoms with Crippen molar-refractivity contribution in [3.8, 4) is 0 Å². The fourth-order valence-corrected chi connectivity index (χ4v) is 1.70. The largest absolute Gasteiger partial charge is 0.377 e. The van der Waals surface area contributed by atoms with E-state index in [1.807, 2.05) is 38.1 Å². The maximum atomic E-state index is 12.0. The number of amides is 1. The third-order valence-electron chi connectivity index (χ3n) is 2.32. The summed E-state index contributed by atoms with van der Waals surface area (Å²) in [6, 6.07) is 7.58. The molecule has 0 radical (unpaired) electrons. The maximum absolute atomic E-state index is 12.0. The number of rotatable bonds is 5. The summed E-state index contributed by atoms with van der Waals surface area (Å²) in [5, 5.41) is 0. The summed E-state index contributed by atoms with van der Waals surface area (Å²) in [4.78, 5) is 13.7. The van der Waals surface area contributed by atoms with Gasteiger partial charge in [-0.05, 0) is 60.7 Å². The van der Waals surface area contributed by atoms with Gasteiger partial charge in [-0.2, -0.15) is 0 Å². The minimum absolute atomic E-state index is 0.0359. The smallest absolute Gasteiger partial charge is 0.253 e. The molecule has 1 rings (SSSR count). The summed E-state index contributed by atoms with van der Waals surface area (Å²) in [5.41, 5.74) is 0.720. The van der Waals surface area contributed by atoms with Gasteiger partial charge in [0.1, 0.15) is 0 Å². The molecule has 0 aliphatic rings. The Morgan fingerprint density at radius 3 is 2.47 bits per heavy atom. The molecule has 4 heteroatoms. The monoisotopic (exact) mass is 347 g/mol. The number of hydrogen-bond donors (Lipinski definition) is 0. The molecule has 17 heavy (non-hydrogen) atoms. The molecule has 0 aliphatic carbocycles. The first-order valence-corrected chi connectivity index (χ1v) is 6.71. The van der Waals surface area contributed by atoms with Crippen LogP contribution in [0.3, 0.4) is 0 Å². The Morgan fingerprint density at radius 1 is 1.35 bits per heavy atom. The first-order chi connectivity index (χ1) is 8.00. The third kappa shape index (κ3) is 5.04. The number of likely N-dealkylation sites (N-methyl/N-ethyl adjacent to an activating group) is 1. The van der Waals surface area contributed by atoms with Crippen molar-refractivity contribution in [2.24, 2.45) is 0 Å². The predicted molar refractivity (Wildman–Crippen MR) is 77.2 cm³/mol. The van der Waals surface area contributed by atoms with E-state index in [4.69, 9.17) is 4.74 Å². The summed E-state index contributed by atoms with van der Waals surface area (Å²) in [6.45, 7) is 5.16. The molecule has 0 saturated heterocycles. The second-order valence-electron chi connectivity index (χ2n) is 4.15. The molecule has 0 bridgehead atoms. The van der Waals surface area contributed by atoms with Crippen molar-refractivity contribution in [1.82, 2.24) is 4.90 Å². The normalized spacial score (nSPS) is 10.6. The van der Waals surface area contributed by atoms with Gasteiger partial charge < -0.3 is 9.64 Å². The van der Waals surface area contributed by atoms with E-state index < -0.39 is 0 Å². The van der Waals surface area contributed by atoms with E-state index in [2.05, 4.69) is 22.6 Å². The van der Waals surface area contributed by atoms with Crippen LogP contribution in [0.4, 0.5) is 0 Å². The molecule has 1 aromatic carbocycles. The SMILES string of the molecule is CC(C)OCCN(C)C(=O)c1ccc(I)cc1. The van der Waals surface area contributed by atoms with Crippen LogP contribution in [0.1, 0.15) is 24.2 Å². The average molecular weight is 347 g/mol. The van der Waals surface area contributed by atoms with E-state index in [-0.39, 0.29) is 12.0 Å². The molecule has 0 atom stereocenters. The highest BCUT2D eigenvalue weighted by molar-refractivity contribution is 14.1. The predicted octanol–water partition coefficient (Wildman–Crippen LogP) is 2.79. The van der Waals surface area contributed by atoms with Crippen molar-refractivity contribution in [2.45, 2.75) is 20.0 Å². The Bertz CT molecular complexity index is 362. The van der Waals surface area contributed by atoms with Gasteiger partial charge in [0.2, 0.25) is 0 Å². The minimum atomic E-state index is 0.0359. The van der Waals surface area contributed by atoms with Crippen LogP contribution >= 0.6 is 22.6 Å². The lowest BCUT2D eigenvalue weighted by atomic mass is 10.2. The van der Waals surface area contributed by atoms with Crippen LogP contribution in [0.25, 0.3) is 0 Å². The van der Waals surface area contributed by atoms with Crippen LogP contribution in [0.5, 0.6) is 0 Å². The minimum Gasteiger partial charge on any atom is -0.377 e. The molecule has 1 aromatic rings. The molecule has 0 N–H and O–H groups in total. The Hall–Kier alpha value is -0.620. The highest BCUT2D eigenvalue weighted by Gasteiger charge is 2.11. The molecular formula is C13H18INO2. The van der Waals surface area contributed by atoms with Gasteiger partial charge in [-0.3, -0.25) is 4.79 Å². The second-order valence-corrected chi connectivity index (χ2v) is 5.40. The van der Waals surface area contributed by atoms with E-state index in [1.165, 1.54) is 0 Å². The summed E-state index contributed by atoms with van der Waals surface area (Å²) in [5.74, 6) is 0.0359. The third-order valence-corrected chi connectivity index (χ3v) is 3.03. The number of ether oxygens (including phenoxy) is 1. The first-order valence-electron chi connectivity index (χ1n) is 5.63. The Balaban J connectivity index is 2.49. The van der Waals surface area contributed by atoms with Crippen molar-refractivity contribution in [3.05, 3.63) is 33.4 Å². The van der Waals surface area contributed by atoms with Gasteiger partial charge in [0.15, 0.2) is 0 Å². The first kappa shape index (κ1) is 14.4. The summed E-state index contributed by atoms with van der Waals surface area (Å²) >= 11 is 2.22. The lowest BCUT2D eigenvalue weighted by molar-refractivity contribution is 0.0532. The summed E-state index contributed by atoms with van der Waals surface area (Å²) < 4.78 is 6.55. The maximum Gasteiger partial charge on any atom is 0.253 e. The molecule has 0 unspecified atom stereocenters. The van der Waals surface area contributed by atoms with Crippen molar-refractivity contribution in [1.29, 1.82) is 0 Å². The van der Waals surface area contributed by atoms with Crippen molar-refractivity contribution >= 4 is 28.5 Å². The van der Waals surface area contributed by atoms with E-state index in [9.17, 15) is 4.79 Å². The molecule has 0 aliphatic heterocycles. The quantitative estimate of drug-likeness (QED) is 0.767. The Morgan fingerprint density at radius 2 is 1.94 bits per heavy atom. The van der Waals surface area contributed by atoms with Crippen molar-refractivity contribution in [3.63, 3.8) is 0 Å². The van der Waals surface area contributed by atoms with Crippen LogP contribution in [0, 0.1) is 3.57 Å². The zero-order valence-electron chi connectivity index (χ0n) is 10.4. The summed E-state index contributed by atoms with van der Waals surface area (Å²) in [6.07, 6.45) is 0.205. The highest BCUT2D eigenvalue weighted by atomic mass is 127. The lowest BCUT2D eigenvalue weighted by Crippen LogP contribution is -2.30. The molecular weight excluding hydrogens is 329 g/mol. The van der Waals surface area contributed by atoms with Crippen LogP contribution in [0.15, 0.2) is 24.3 Å². The van der Waals surface area contributed by atoms with E-state index in [0.29, 0.717) is 13.2 Å². The van der Waals surface area contributed by atoms with Gasteiger partial charge in [0.05, 0.1) is 12.7 Å². The van der Waals surface area contributed by atoms with Crippen LogP contribution in [-0.4, -0.2) is 37.1 Å². The highest BCUT2D eigenvalue weighted by Crippen LogP contribution is 2.08. The van der Waals surface area contributed by atoms with Gasteiger partial charge in [-0.15, -0.1) is 0 Å². The number of halogens is 1. The topological polar surface area (TPSA) is 29.5 Å². The molecule has 0 aromatic heterocycles. The molecule has 1 amide bonds. The number of benzene rings is 1.